The molecule has 0 radical (unpaired) electrons. The number of aliphatic hydroxyl groups is 1. The van der Waals surface area contributed by atoms with Gasteiger partial charge in [-0.25, -0.2) is 0 Å². The number of hydrogen-bond donors (Lipinski definition) is 4. The standard InChI is InChI=1S/C38H50N4O5/c39-33-14-7-8-15-34(33)41-37(45)17-6-4-5-16-36(44)40-31-13-11-12-30(24-31)38-46-32(26-42-22-9-2-1-3-10-23-42)25-35(47-38)29-20-18-28(27-43)19-21-29/h7-8,11-15,18-21,24,32,35,38,43H,1-6,9-10,16-17,22-23,25-27,39H2,(H,40,44)(H,41,45)/t32-,35+,38+/m1/s1. The molecule has 252 valence electrons. The maximum absolute atomic E-state index is 12.8. The highest BCUT2D eigenvalue weighted by Gasteiger charge is 2.33. The van der Waals surface area contributed by atoms with E-state index in [1.807, 2.05) is 60.7 Å². The Morgan fingerprint density at radius 1 is 0.787 bits per heavy atom. The third-order valence-corrected chi connectivity index (χ3v) is 9.01. The molecule has 0 spiro atoms. The van der Waals surface area contributed by atoms with E-state index in [1.165, 1.54) is 32.1 Å². The van der Waals surface area contributed by atoms with Gasteiger partial charge in [0, 0.05) is 37.1 Å². The fourth-order valence-electron chi connectivity index (χ4n) is 6.37. The number of hydrogen-bond acceptors (Lipinski definition) is 7. The van der Waals surface area contributed by atoms with E-state index in [0.717, 1.165) is 49.2 Å². The molecular weight excluding hydrogens is 592 g/mol. The van der Waals surface area contributed by atoms with Crippen molar-refractivity contribution in [3.63, 3.8) is 0 Å². The highest BCUT2D eigenvalue weighted by molar-refractivity contribution is 5.93. The third-order valence-electron chi connectivity index (χ3n) is 9.01. The molecule has 2 saturated heterocycles. The number of carbonyl (C=O) groups is 2. The van der Waals surface area contributed by atoms with Gasteiger partial charge in [-0.2, -0.15) is 0 Å². The first-order valence-electron chi connectivity index (χ1n) is 17.2. The first-order valence-corrected chi connectivity index (χ1v) is 17.2. The Kier molecular flexibility index (Phi) is 13.2. The lowest BCUT2D eigenvalue weighted by Crippen LogP contribution is -2.40. The molecule has 47 heavy (non-hydrogen) atoms. The summed E-state index contributed by atoms with van der Waals surface area (Å²) in [4.78, 5) is 27.6. The number of nitrogens with zero attached hydrogens (tertiary/aromatic N) is 1. The van der Waals surface area contributed by atoms with Gasteiger partial charge in [-0.1, -0.05) is 74.2 Å². The fourth-order valence-corrected chi connectivity index (χ4v) is 6.37. The summed E-state index contributed by atoms with van der Waals surface area (Å²) in [5, 5.41) is 15.4. The minimum absolute atomic E-state index is 0.000994. The number of benzene rings is 3. The second-order valence-corrected chi connectivity index (χ2v) is 12.8. The molecule has 5 N–H and O–H groups in total. The zero-order valence-electron chi connectivity index (χ0n) is 27.4. The Morgan fingerprint density at radius 3 is 2.21 bits per heavy atom. The normalized spacial score (nSPS) is 20.6. The Balaban J connectivity index is 1.14. The Labute approximate surface area is 278 Å². The molecule has 9 heteroatoms. The lowest BCUT2D eigenvalue weighted by atomic mass is 9.99. The minimum Gasteiger partial charge on any atom is -0.397 e. The van der Waals surface area contributed by atoms with Gasteiger partial charge in [0.05, 0.1) is 30.2 Å². The zero-order chi connectivity index (χ0) is 32.8. The van der Waals surface area contributed by atoms with E-state index in [1.54, 1.807) is 12.1 Å². The number of ether oxygens (including phenoxy) is 2. The number of likely N-dealkylation sites (tertiary alicyclic amines) is 1. The average molecular weight is 643 g/mol. The topological polar surface area (TPSA) is 126 Å². The van der Waals surface area contributed by atoms with Gasteiger partial charge >= 0.3 is 0 Å². The summed E-state index contributed by atoms with van der Waals surface area (Å²) in [6.45, 7) is 3.07. The number of anilines is 3. The first kappa shape index (κ1) is 34.6. The molecule has 2 heterocycles. The van der Waals surface area contributed by atoms with E-state index in [2.05, 4.69) is 15.5 Å². The maximum atomic E-state index is 12.8. The van der Waals surface area contributed by atoms with Crippen molar-refractivity contribution in [2.75, 3.05) is 36.0 Å². The van der Waals surface area contributed by atoms with Gasteiger partial charge in [0.15, 0.2) is 6.29 Å². The largest absolute Gasteiger partial charge is 0.397 e. The average Bonchev–Trinajstić information content (AvgIpc) is 3.07. The van der Waals surface area contributed by atoms with E-state index in [4.69, 9.17) is 15.2 Å². The van der Waals surface area contributed by atoms with Crippen LogP contribution in [0.4, 0.5) is 17.1 Å². The Hall–Kier alpha value is -3.76. The number of nitrogens with two attached hydrogens (primary N) is 1. The summed E-state index contributed by atoms with van der Waals surface area (Å²) in [5.74, 6) is -0.143. The van der Waals surface area contributed by atoms with Crippen molar-refractivity contribution in [3.05, 3.63) is 89.5 Å². The maximum Gasteiger partial charge on any atom is 0.224 e. The summed E-state index contributed by atoms with van der Waals surface area (Å²) < 4.78 is 13.2. The lowest BCUT2D eigenvalue weighted by molar-refractivity contribution is -0.253. The molecule has 9 nitrogen and oxygen atoms in total. The quantitative estimate of drug-likeness (QED) is 0.116. The summed E-state index contributed by atoms with van der Waals surface area (Å²) >= 11 is 0. The molecule has 3 atom stereocenters. The van der Waals surface area contributed by atoms with Crippen molar-refractivity contribution >= 4 is 28.9 Å². The van der Waals surface area contributed by atoms with Crippen LogP contribution < -0.4 is 16.4 Å². The first-order chi connectivity index (χ1) is 23.0. The molecule has 3 aromatic rings. The van der Waals surface area contributed by atoms with Gasteiger partial charge in [-0.05, 0) is 74.2 Å². The number of amides is 2. The van der Waals surface area contributed by atoms with Crippen LogP contribution in [-0.4, -0.2) is 47.6 Å². The molecule has 2 aliphatic heterocycles. The molecule has 3 aromatic carbocycles. The van der Waals surface area contributed by atoms with E-state index < -0.39 is 6.29 Å². The molecule has 0 aromatic heterocycles. The van der Waals surface area contributed by atoms with Gasteiger partial charge < -0.3 is 35.8 Å². The van der Waals surface area contributed by atoms with Crippen molar-refractivity contribution in [1.29, 1.82) is 0 Å². The van der Waals surface area contributed by atoms with E-state index in [-0.39, 0.29) is 30.6 Å². The molecule has 2 fully saturated rings. The summed E-state index contributed by atoms with van der Waals surface area (Å²) in [6.07, 6.45) is 9.29. The molecule has 0 unspecified atom stereocenters. The smallest absolute Gasteiger partial charge is 0.224 e. The van der Waals surface area contributed by atoms with Gasteiger partial charge in [-0.3, -0.25) is 9.59 Å². The number of nitrogen functional groups attached to an aromatic ring is 1. The van der Waals surface area contributed by atoms with Crippen LogP contribution in [0.3, 0.4) is 0 Å². The molecule has 5 rings (SSSR count). The van der Waals surface area contributed by atoms with Gasteiger partial charge in [0.25, 0.3) is 0 Å². The predicted octanol–water partition coefficient (Wildman–Crippen LogP) is 7.10. The highest BCUT2D eigenvalue weighted by Crippen LogP contribution is 2.39. The van der Waals surface area contributed by atoms with Gasteiger partial charge in [-0.15, -0.1) is 0 Å². The summed E-state index contributed by atoms with van der Waals surface area (Å²) in [7, 11) is 0. The fraction of sp³-hybridized carbons (Fsp3) is 0.474. The second-order valence-electron chi connectivity index (χ2n) is 12.8. The van der Waals surface area contributed by atoms with Crippen LogP contribution in [0.2, 0.25) is 0 Å². The summed E-state index contributed by atoms with van der Waals surface area (Å²) in [5.41, 5.74) is 10.6. The Morgan fingerprint density at radius 2 is 1.49 bits per heavy atom. The van der Waals surface area contributed by atoms with Crippen LogP contribution in [0.15, 0.2) is 72.8 Å². The molecule has 0 bridgehead atoms. The van der Waals surface area contributed by atoms with E-state index >= 15 is 0 Å². The van der Waals surface area contributed by atoms with Crippen LogP contribution in [0.5, 0.6) is 0 Å². The minimum atomic E-state index is -0.569. The van der Waals surface area contributed by atoms with Crippen molar-refractivity contribution in [2.45, 2.75) is 95.7 Å². The highest BCUT2D eigenvalue weighted by atomic mass is 16.7. The predicted molar refractivity (Wildman–Crippen MR) is 186 cm³/mol. The number of nitrogens with one attached hydrogen (secondary N) is 2. The molecular formula is C38H50N4O5. The molecule has 2 aliphatic rings. The van der Waals surface area contributed by atoms with E-state index in [9.17, 15) is 14.7 Å². The van der Waals surface area contributed by atoms with Crippen LogP contribution >= 0.6 is 0 Å². The zero-order valence-corrected chi connectivity index (χ0v) is 27.4. The number of unbranched alkanes of at least 4 members (excludes halogenated alkanes) is 2. The van der Waals surface area contributed by atoms with Crippen molar-refractivity contribution in [2.24, 2.45) is 0 Å². The van der Waals surface area contributed by atoms with E-state index in [0.29, 0.717) is 42.7 Å². The van der Waals surface area contributed by atoms with Crippen molar-refractivity contribution in [3.8, 4) is 0 Å². The number of aliphatic hydroxyl groups excluding tert-OH is 1. The summed E-state index contributed by atoms with van der Waals surface area (Å²) in [6, 6.07) is 22.9. The number of rotatable bonds is 13. The second kappa shape index (κ2) is 18.0. The Bertz CT molecular complexity index is 1420. The monoisotopic (exact) mass is 642 g/mol. The van der Waals surface area contributed by atoms with Crippen LogP contribution in [0.25, 0.3) is 0 Å². The van der Waals surface area contributed by atoms with Crippen LogP contribution in [0.1, 0.15) is 99.7 Å². The van der Waals surface area contributed by atoms with Gasteiger partial charge in [0.2, 0.25) is 11.8 Å². The number of carbonyl (C=O) groups excluding carboxylic acids is 2. The molecule has 0 saturated carbocycles. The third kappa shape index (κ3) is 10.9. The van der Waals surface area contributed by atoms with Crippen LogP contribution in [0, 0.1) is 0 Å². The van der Waals surface area contributed by atoms with Crippen molar-refractivity contribution < 1.29 is 24.2 Å². The lowest BCUT2D eigenvalue weighted by Gasteiger charge is -2.39. The molecule has 2 amide bonds. The molecule has 0 aliphatic carbocycles. The van der Waals surface area contributed by atoms with Crippen LogP contribution in [-0.2, 0) is 25.7 Å². The van der Waals surface area contributed by atoms with Gasteiger partial charge in [0.1, 0.15) is 0 Å². The SMILES string of the molecule is Nc1ccccc1NC(=O)CCCCCC(=O)Nc1cccc([C@H]2O[C@@H](CN3CCCCCCC3)C[C@@H](c3ccc(CO)cc3)O2)c1. The number of para-hydroxylation sites is 2. The van der Waals surface area contributed by atoms with Crippen molar-refractivity contribution in [1.82, 2.24) is 4.90 Å².